The Bertz CT molecular complexity index is 2190. The number of nitrogens with zero attached hydrogens (tertiary/aromatic N) is 3. The number of amides is 4. The molecule has 0 spiro atoms. The second kappa shape index (κ2) is 17.6. The Morgan fingerprint density at radius 1 is 0.929 bits per heavy atom. The highest BCUT2D eigenvalue weighted by Gasteiger charge is 2.57. The molecule has 2 aliphatic rings. The zero-order chi connectivity index (χ0) is 40.0. The summed E-state index contributed by atoms with van der Waals surface area (Å²) in [7, 11) is -4.56. The van der Waals surface area contributed by atoms with Crippen molar-refractivity contribution in [2.75, 3.05) is 42.0 Å². The molecule has 0 saturated heterocycles. The smallest absolute Gasteiger partial charge is 0.407 e. The van der Waals surface area contributed by atoms with Crippen LogP contribution in [0.2, 0.25) is 10.0 Å². The lowest BCUT2D eigenvalue weighted by atomic mass is 9.82. The number of anilines is 2. The minimum Gasteiger partial charge on any atom is -0.445 e. The fourth-order valence-electron chi connectivity index (χ4n) is 7.35. The van der Waals surface area contributed by atoms with Crippen molar-refractivity contribution < 1.29 is 32.6 Å². The minimum atomic E-state index is -4.56. The van der Waals surface area contributed by atoms with E-state index in [2.05, 4.69) is 10.6 Å². The average molecular weight is 823 g/mol. The minimum absolute atomic E-state index is 0.0839. The zero-order valence-corrected chi connectivity index (χ0v) is 33.5. The molecule has 15 heteroatoms. The summed E-state index contributed by atoms with van der Waals surface area (Å²) in [6, 6.07) is 24.2. The number of fused-ring (bicyclic) bond motifs is 2. The molecule has 2 aliphatic heterocycles. The van der Waals surface area contributed by atoms with Crippen molar-refractivity contribution in [1.82, 2.24) is 15.5 Å². The fourth-order valence-corrected chi connectivity index (χ4v) is 9.31. The molecule has 2 heterocycles. The number of sulfonamides is 1. The summed E-state index contributed by atoms with van der Waals surface area (Å²) in [5, 5.41) is 17.2. The van der Waals surface area contributed by atoms with Crippen LogP contribution in [0, 0.1) is 0 Å². The summed E-state index contributed by atoms with van der Waals surface area (Å²) >= 11 is 13.4. The van der Waals surface area contributed by atoms with E-state index in [1.165, 1.54) is 24.3 Å². The van der Waals surface area contributed by atoms with Gasteiger partial charge in [0.2, 0.25) is 0 Å². The van der Waals surface area contributed by atoms with Crippen LogP contribution in [-0.4, -0.2) is 75.3 Å². The number of nitrogens with one attached hydrogen (secondary N) is 2. The maximum atomic E-state index is 15.1. The first kappa shape index (κ1) is 41.0. The summed E-state index contributed by atoms with van der Waals surface area (Å²) < 4.78 is 35.5. The predicted molar refractivity (Wildman–Crippen MR) is 217 cm³/mol. The van der Waals surface area contributed by atoms with Crippen molar-refractivity contribution >= 4 is 62.6 Å². The van der Waals surface area contributed by atoms with Crippen LogP contribution >= 0.6 is 23.2 Å². The molecule has 0 aromatic heterocycles. The number of aliphatic hydroxyl groups is 1. The van der Waals surface area contributed by atoms with E-state index in [-0.39, 0.29) is 44.4 Å². The molecule has 12 nitrogen and oxygen atoms in total. The number of ether oxygens (including phenoxy) is 1. The molecule has 4 aromatic rings. The van der Waals surface area contributed by atoms with Crippen molar-refractivity contribution in [2.45, 2.75) is 62.6 Å². The molecule has 4 amide bonds. The molecule has 0 fully saturated rings. The summed E-state index contributed by atoms with van der Waals surface area (Å²) in [6.45, 7) is 5.33. The van der Waals surface area contributed by atoms with Crippen LogP contribution in [-0.2, 0) is 38.1 Å². The van der Waals surface area contributed by atoms with Gasteiger partial charge in [-0.2, -0.15) is 0 Å². The fraction of sp³-hybridized carbons (Fsp3) is 0.341. The molecule has 1 unspecified atom stereocenters. The van der Waals surface area contributed by atoms with Gasteiger partial charge in [0.05, 0.1) is 17.2 Å². The lowest BCUT2D eigenvalue weighted by Gasteiger charge is -2.35. The molecule has 296 valence electrons. The summed E-state index contributed by atoms with van der Waals surface area (Å²) in [6.07, 6.45) is 1.30. The highest BCUT2D eigenvalue weighted by atomic mass is 35.5. The maximum absolute atomic E-state index is 15.1. The van der Waals surface area contributed by atoms with Crippen LogP contribution in [0.4, 0.5) is 21.0 Å². The third kappa shape index (κ3) is 8.10. The topological polar surface area (TPSA) is 149 Å². The first-order valence-electron chi connectivity index (χ1n) is 18.6. The van der Waals surface area contributed by atoms with E-state index >= 15 is 4.79 Å². The first-order valence-corrected chi connectivity index (χ1v) is 20.8. The molecule has 0 bridgehead atoms. The van der Waals surface area contributed by atoms with Gasteiger partial charge in [0.15, 0.2) is 5.54 Å². The molecule has 4 aromatic carbocycles. The predicted octanol–water partition coefficient (Wildman–Crippen LogP) is 6.84. The molecule has 2 atom stereocenters. The Hall–Kier alpha value is -4.66. The van der Waals surface area contributed by atoms with Gasteiger partial charge in [-0.3, -0.25) is 15.0 Å². The molecule has 3 N–H and O–H groups in total. The van der Waals surface area contributed by atoms with Crippen LogP contribution in [0.1, 0.15) is 55.4 Å². The van der Waals surface area contributed by atoms with Crippen molar-refractivity contribution in [3.05, 3.63) is 123 Å². The van der Waals surface area contributed by atoms with Crippen LogP contribution in [0.15, 0.2) is 95.9 Å². The van der Waals surface area contributed by atoms with E-state index in [1.807, 2.05) is 44.2 Å². The van der Waals surface area contributed by atoms with Gasteiger partial charge in [0, 0.05) is 59.1 Å². The van der Waals surface area contributed by atoms with Gasteiger partial charge in [-0.15, -0.1) is 0 Å². The molecule has 0 aliphatic carbocycles. The van der Waals surface area contributed by atoms with Crippen LogP contribution in [0.5, 0.6) is 0 Å². The van der Waals surface area contributed by atoms with Crippen molar-refractivity contribution in [3.8, 4) is 0 Å². The highest BCUT2D eigenvalue weighted by Crippen LogP contribution is 2.50. The van der Waals surface area contributed by atoms with Gasteiger partial charge < -0.3 is 20.1 Å². The van der Waals surface area contributed by atoms with E-state index in [4.69, 9.17) is 27.9 Å². The third-order valence-corrected chi connectivity index (χ3v) is 12.5. The number of hydrogen-bond acceptors (Lipinski definition) is 8. The number of halogens is 2. The zero-order valence-electron chi connectivity index (χ0n) is 31.2. The van der Waals surface area contributed by atoms with Crippen molar-refractivity contribution in [3.63, 3.8) is 0 Å². The number of rotatable bonds is 15. The van der Waals surface area contributed by atoms with Crippen molar-refractivity contribution in [1.29, 1.82) is 0 Å². The van der Waals surface area contributed by atoms with E-state index in [0.717, 1.165) is 9.87 Å². The SMILES string of the molecule is CCN(CC)C(=O)N1CCc2cc(S(=O)(=O)N3C(=O)C(N[C@H](CO)CCCCNC(=O)OCc4ccccc4)(c4ccccc4Cl)c4cc(Cl)ccc43)ccc21. The second-order valence-electron chi connectivity index (χ2n) is 13.6. The maximum Gasteiger partial charge on any atom is 0.407 e. The van der Waals surface area contributed by atoms with Crippen LogP contribution in [0.3, 0.4) is 0 Å². The normalized spacial score (nSPS) is 16.7. The highest BCUT2D eigenvalue weighted by molar-refractivity contribution is 7.93. The number of aliphatic hydroxyl groups excluding tert-OH is 1. The number of carbonyl (C=O) groups excluding carboxylic acids is 3. The number of unbranched alkanes of at least 4 members (excludes halogenated alkanes) is 1. The van der Waals surface area contributed by atoms with Gasteiger partial charge in [0.1, 0.15) is 6.61 Å². The van der Waals surface area contributed by atoms with E-state index in [1.54, 1.807) is 46.2 Å². The first-order chi connectivity index (χ1) is 27.0. The number of benzene rings is 4. The molecule has 0 radical (unpaired) electrons. The summed E-state index contributed by atoms with van der Waals surface area (Å²) in [5.41, 5.74) is 0.911. The molecule has 0 saturated carbocycles. The Morgan fingerprint density at radius 3 is 2.36 bits per heavy atom. The van der Waals surface area contributed by atoms with E-state index in [9.17, 15) is 23.1 Å². The van der Waals surface area contributed by atoms with Gasteiger partial charge in [0.25, 0.3) is 15.9 Å². The van der Waals surface area contributed by atoms with Crippen molar-refractivity contribution in [2.24, 2.45) is 0 Å². The van der Waals surface area contributed by atoms with Gasteiger partial charge >= 0.3 is 12.1 Å². The van der Waals surface area contributed by atoms with Gasteiger partial charge in [-0.1, -0.05) is 78.2 Å². The molecular formula is C41H45Cl2N5O7S. The summed E-state index contributed by atoms with van der Waals surface area (Å²) in [5.74, 6) is -0.844. The van der Waals surface area contributed by atoms with Gasteiger partial charge in [-0.05, 0) is 86.7 Å². The van der Waals surface area contributed by atoms with E-state index in [0.29, 0.717) is 63.1 Å². The molecule has 56 heavy (non-hydrogen) atoms. The Kier molecular flexibility index (Phi) is 12.9. The van der Waals surface area contributed by atoms with Crippen LogP contribution in [0.25, 0.3) is 0 Å². The number of alkyl carbamates (subject to hydrolysis) is 1. The van der Waals surface area contributed by atoms with E-state index < -0.39 is 40.2 Å². The Labute approximate surface area is 337 Å². The number of hydrogen-bond donors (Lipinski definition) is 3. The molecular weight excluding hydrogens is 777 g/mol. The number of urea groups is 1. The Balaban J connectivity index is 1.26. The molecule has 6 rings (SSSR count). The quantitative estimate of drug-likeness (QED) is 0.110. The Morgan fingerprint density at radius 2 is 1.64 bits per heavy atom. The largest absolute Gasteiger partial charge is 0.445 e. The monoisotopic (exact) mass is 821 g/mol. The third-order valence-electron chi connectivity index (χ3n) is 10.2. The summed E-state index contributed by atoms with van der Waals surface area (Å²) in [4.78, 5) is 43.8. The average Bonchev–Trinajstić information content (AvgIpc) is 3.73. The number of carbonyl (C=O) groups is 3. The lowest BCUT2D eigenvalue weighted by molar-refractivity contribution is -0.122. The van der Waals surface area contributed by atoms with Crippen LogP contribution < -0.4 is 19.8 Å². The standard InChI is InChI=1S/C41H45Cl2N5O7S/c1-3-46(4-2)40(52)47-23-21-29-24-32(18-20-36(29)47)56(53,54)48-37-19-17-30(42)25-34(37)41(38(48)50,33-15-8-9-16-35(33)43)45-31(26-49)14-10-11-22-44-39(51)55-27-28-12-6-5-7-13-28/h5-9,12-13,15-20,24-25,31,45,49H,3-4,10-11,14,21-23,26-27H2,1-2H3,(H,44,51)/t31-,41?/m0/s1. The van der Waals surface area contributed by atoms with Gasteiger partial charge in [-0.25, -0.2) is 22.3 Å². The lowest BCUT2D eigenvalue weighted by Crippen LogP contribution is -2.57. The second-order valence-corrected chi connectivity index (χ2v) is 16.3.